The van der Waals surface area contributed by atoms with E-state index in [0.29, 0.717) is 36.2 Å². The largest absolute Gasteiger partial charge is 0.511 e. The fourth-order valence-corrected chi connectivity index (χ4v) is 4.19. The van der Waals surface area contributed by atoms with Crippen LogP contribution in [0.2, 0.25) is 0 Å². The van der Waals surface area contributed by atoms with Crippen LogP contribution in [0.3, 0.4) is 0 Å². The molecule has 8 nitrogen and oxygen atoms in total. The molecule has 2 fully saturated rings. The van der Waals surface area contributed by atoms with Crippen molar-refractivity contribution in [1.82, 2.24) is 19.8 Å². The van der Waals surface area contributed by atoms with Crippen molar-refractivity contribution in [2.75, 3.05) is 59.0 Å². The average molecular weight is 557 g/mol. The van der Waals surface area contributed by atoms with E-state index in [1.165, 1.54) is 0 Å². The van der Waals surface area contributed by atoms with Crippen LogP contribution in [-0.4, -0.2) is 94.2 Å². The molecule has 0 bridgehead atoms. The normalized spacial score (nSPS) is 20.9. The quantitative estimate of drug-likeness (QED) is 0.212. The second-order valence-corrected chi connectivity index (χ2v) is 8.77. The number of piperidine rings is 1. The highest BCUT2D eigenvalue weighted by atomic mass is 127. The molecule has 0 aromatic carbocycles. The predicted molar refractivity (Wildman–Crippen MR) is 116 cm³/mol. The summed E-state index contributed by atoms with van der Waals surface area (Å²) in [5.41, 5.74) is -5.25. The minimum absolute atomic E-state index is 0. The van der Waals surface area contributed by atoms with Crippen LogP contribution < -0.4 is 10.6 Å². The number of ether oxygens (including phenoxy) is 1. The standard InChI is InChI=1S/C16H30F3N5O3S.HI/c1-2-20-15(21-6-3-7-23-10-12-27-13-11-23)22-14-4-8-24(9-5-14)28(25,26)16(17,18)19;/h14H,2-13H2,1H3,(H2,20,21,22);1H. The summed E-state index contributed by atoms with van der Waals surface area (Å²) in [4.78, 5) is 6.85. The number of alkyl halides is 3. The average Bonchev–Trinajstić information content (AvgIpc) is 2.66. The monoisotopic (exact) mass is 557 g/mol. The van der Waals surface area contributed by atoms with Gasteiger partial charge in [-0.1, -0.05) is 0 Å². The number of nitrogens with one attached hydrogen (secondary N) is 2. The third-order valence-corrected chi connectivity index (χ3v) is 6.41. The van der Waals surface area contributed by atoms with Crippen molar-refractivity contribution < 1.29 is 26.3 Å². The fraction of sp³-hybridized carbons (Fsp3) is 0.938. The summed E-state index contributed by atoms with van der Waals surface area (Å²) < 4.78 is 66.7. The Bertz CT molecular complexity index is 607. The Labute approximate surface area is 187 Å². The van der Waals surface area contributed by atoms with Crippen molar-refractivity contribution in [2.24, 2.45) is 4.99 Å². The molecule has 0 spiro atoms. The topological polar surface area (TPSA) is 86.3 Å². The summed E-state index contributed by atoms with van der Waals surface area (Å²) >= 11 is 0. The first kappa shape index (κ1) is 26.7. The second kappa shape index (κ2) is 12.5. The number of aliphatic imine (C=N–C) groups is 1. The summed E-state index contributed by atoms with van der Waals surface area (Å²) in [6.07, 6.45) is 1.50. The lowest BCUT2D eigenvalue weighted by Crippen LogP contribution is -2.51. The van der Waals surface area contributed by atoms with E-state index in [1.54, 1.807) is 0 Å². The zero-order chi connectivity index (χ0) is 20.6. The van der Waals surface area contributed by atoms with E-state index in [-0.39, 0.29) is 43.1 Å². The third-order valence-electron chi connectivity index (χ3n) is 4.78. The Morgan fingerprint density at radius 3 is 2.34 bits per heavy atom. The SMILES string of the molecule is CCNC(=NCCCN1CCOCC1)NC1CCN(S(=O)(=O)C(F)(F)F)CC1.I. The molecule has 2 heterocycles. The van der Waals surface area contributed by atoms with Crippen LogP contribution in [0.25, 0.3) is 0 Å². The highest BCUT2D eigenvalue weighted by molar-refractivity contribution is 14.0. The number of morpholine rings is 1. The molecule has 2 rings (SSSR count). The Hall–Kier alpha value is -0.380. The van der Waals surface area contributed by atoms with E-state index in [2.05, 4.69) is 20.5 Å². The van der Waals surface area contributed by atoms with Gasteiger partial charge in [0.2, 0.25) is 0 Å². The lowest BCUT2D eigenvalue weighted by Gasteiger charge is -2.32. The van der Waals surface area contributed by atoms with Gasteiger partial charge in [-0.05, 0) is 26.2 Å². The van der Waals surface area contributed by atoms with Crippen molar-refractivity contribution in [3.05, 3.63) is 0 Å². The number of halogens is 4. The van der Waals surface area contributed by atoms with Crippen LogP contribution in [0.15, 0.2) is 4.99 Å². The molecule has 2 saturated heterocycles. The van der Waals surface area contributed by atoms with Crippen LogP contribution in [-0.2, 0) is 14.8 Å². The Morgan fingerprint density at radius 1 is 1.17 bits per heavy atom. The van der Waals surface area contributed by atoms with E-state index < -0.39 is 15.5 Å². The molecular weight excluding hydrogens is 526 g/mol. The van der Waals surface area contributed by atoms with E-state index >= 15 is 0 Å². The molecular formula is C16H31F3IN5O3S. The highest BCUT2D eigenvalue weighted by Crippen LogP contribution is 2.28. The Balaban J connectivity index is 0.00000420. The molecule has 0 saturated carbocycles. The number of nitrogens with zero attached hydrogens (tertiary/aromatic N) is 3. The fourth-order valence-electron chi connectivity index (χ4n) is 3.21. The van der Waals surface area contributed by atoms with Crippen LogP contribution in [0.1, 0.15) is 26.2 Å². The van der Waals surface area contributed by atoms with Gasteiger partial charge in [-0.2, -0.15) is 17.5 Å². The maximum atomic E-state index is 12.6. The molecule has 0 unspecified atom stereocenters. The second-order valence-electron chi connectivity index (χ2n) is 6.84. The number of hydrogen-bond acceptors (Lipinski definition) is 5. The van der Waals surface area contributed by atoms with Crippen LogP contribution in [0, 0.1) is 0 Å². The van der Waals surface area contributed by atoms with Gasteiger partial charge in [0.05, 0.1) is 13.2 Å². The molecule has 0 atom stereocenters. The zero-order valence-electron chi connectivity index (χ0n) is 16.6. The van der Waals surface area contributed by atoms with Gasteiger partial charge in [0.25, 0.3) is 0 Å². The minimum Gasteiger partial charge on any atom is -0.379 e. The van der Waals surface area contributed by atoms with E-state index in [1.807, 2.05) is 6.92 Å². The summed E-state index contributed by atoms with van der Waals surface area (Å²) in [7, 11) is -5.24. The van der Waals surface area contributed by atoms with Crippen LogP contribution in [0.5, 0.6) is 0 Å². The van der Waals surface area contributed by atoms with Crippen molar-refractivity contribution in [3.8, 4) is 0 Å². The number of sulfonamides is 1. The first-order valence-corrected chi connectivity index (χ1v) is 11.1. The molecule has 172 valence electrons. The maximum Gasteiger partial charge on any atom is 0.511 e. The first-order chi connectivity index (χ1) is 13.2. The van der Waals surface area contributed by atoms with Gasteiger partial charge in [0.15, 0.2) is 5.96 Å². The zero-order valence-corrected chi connectivity index (χ0v) is 19.7. The van der Waals surface area contributed by atoms with Crippen LogP contribution >= 0.6 is 24.0 Å². The number of rotatable bonds is 7. The van der Waals surface area contributed by atoms with E-state index in [0.717, 1.165) is 39.3 Å². The molecule has 0 aliphatic carbocycles. The van der Waals surface area contributed by atoms with E-state index in [4.69, 9.17) is 4.74 Å². The lowest BCUT2D eigenvalue weighted by atomic mass is 10.1. The predicted octanol–water partition coefficient (Wildman–Crippen LogP) is 1.20. The van der Waals surface area contributed by atoms with Gasteiger partial charge >= 0.3 is 15.5 Å². The first-order valence-electron chi connectivity index (χ1n) is 9.65. The Kier molecular flexibility index (Phi) is 11.5. The van der Waals surface area contributed by atoms with Crippen molar-refractivity contribution in [1.29, 1.82) is 0 Å². The minimum atomic E-state index is -5.25. The maximum absolute atomic E-state index is 12.6. The summed E-state index contributed by atoms with van der Waals surface area (Å²) in [6, 6.07) is -0.114. The van der Waals surface area contributed by atoms with Crippen LogP contribution in [0.4, 0.5) is 13.2 Å². The summed E-state index contributed by atoms with van der Waals surface area (Å²) in [6.45, 7) is 7.25. The van der Waals surface area contributed by atoms with Gasteiger partial charge in [-0.15, -0.1) is 24.0 Å². The van der Waals surface area contributed by atoms with Crippen molar-refractivity contribution in [3.63, 3.8) is 0 Å². The summed E-state index contributed by atoms with van der Waals surface area (Å²) in [5.74, 6) is 0.613. The molecule has 13 heteroatoms. The van der Waals surface area contributed by atoms with Gasteiger partial charge < -0.3 is 15.4 Å². The molecule has 2 aliphatic heterocycles. The molecule has 2 N–H and O–H groups in total. The van der Waals surface area contributed by atoms with Crippen molar-refractivity contribution >= 4 is 40.0 Å². The number of guanidine groups is 1. The molecule has 0 amide bonds. The van der Waals surface area contributed by atoms with Gasteiger partial charge in [0.1, 0.15) is 0 Å². The Morgan fingerprint density at radius 2 is 1.79 bits per heavy atom. The molecule has 0 aromatic rings. The van der Waals surface area contributed by atoms with Gasteiger partial charge in [0, 0.05) is 51.9 Å². The molecule has 0 radical (unpaired) electrons. The van der Waals surface area contributed by atoms with Crippen molar-refractivity contribution in [2.45, 2.75) is 37.7 Å². The smallest absolute Gasteiger partial charge is 0.379 e. The molecule has 2 aliphatic rings. The van der Waals surface area contributed by atoms with E-state index in [9.17, 15) is 21.6 Å². The van der Waals surface area contributed by atoms with Gasteiger partial charge in [-0.25, -0.2) is 8.42 Å². The number of hydrogen-bond donors (Lipinski definition) is 2. The molecule has 29 heavy (non-hydrogen) atoms. The highest BCUT2D eigenvalue weighted by Gasteiger charge is 2.50. The summed E-state index contributed by atoms with van der Waals surface area (Å²) in [5, 5.41) is 6.34. The molecule has 0 aromatic heterocycles. The van der Waals surface area contributed by atoms with Gasteiger partial charge in [-0.3, -0.25) is 9.89 Å². The third kappa shape index (κ3) is 8.34. The lowest BCUT2D eigenvalue weighted by molar-refractivity contribution is -0.0494.